The third-order valence-corrected chi connectivity index (χ3v) is 5.51. The van der Waals surface area contributed by atoms with Crippen molar-refractivity contribution in [1.29, 1.82) is 0 Å². The van der Waals surface area contributed by atoms with Crippen LogP contribution in [0.3, 0.4) is 0 Å². The van der Waals surface area contributed by atoms with Crippen molar-refractivity contribution in [1.82, 2.24) is 4.98 Å². The van der Waals surface area contributed by atoms with E-state index < -0.39 is 0 Å². The van der Waals surface area contributed by atoms with E-state index in [0.29, 0.717) is 0 Å². The van der Waals surface area contributed by atoms with Crippen molar-refractivity contribution >= 4 is 50.2 Å². The van der Waals surface area contributed by atoms with E-state index in [1.807, 2.05) is 48.0 Å². The molecule has 0 spiro atoms. The van der Waals surface area contributed by atoms with Crippen molar-refractivity contribution in [2.24, 2.45) is 0 Å². The lowest BCUT2D eigenvalue weighted by atomic mass is 10.2. The molecule has 112 valence electrons. The summed E-state index contributed by atoms with van der Waals surface area (Å²) in [4.78, 5) is 17.8. The van der Waals surface area contributed by atoms with E-state index in [2.05, 4.69) is 26.2 Å². The molecule has 3 aromatic rings. The van der Waals surface area contributed by atoms with Crippen LogP contribution in [-0.4, -0.2) is 10.9 Å². The maximum absolute atomic E-state index is 12.2. The molecule has 6 heteroatoms. The highest BCUT2D eigenvalue weighted by Gasteiger charge is 2.10. The Morgan fingerprint density at radius 1 is 1.32 bits per heavy atom. The number of benzene rings is 1. The minimum Gasteiger partial charge on any atom is -0.326 e. The second kappa shape index (κ2) is 6.73. The van der Waals surface area contributed by atoms with E-state index in [4.69, 9.17) is 0 Å². The molecule has 1 aromatic carbocycles. The molecule has 1 amide bonds. The molecule has 0 atom stereocenters. The Morgan fingerprint density at radius 2 is 2.18 bits per heavy atom. The van der Waals surface area contributed by atoms with Crippen LogP contribution in [0.5, 0.6) is 0 Å². The number of carbonyl (C=O) groups excluding carboxylic acids is 1. The number of thiazole rings is 1. The number of rotatable bonds is 4. The van der Waals surface area contributed by atoms with Gasteiger partial charge in [-0.25, -0.2) is 4.98 Å². The molecule has 0 aliphatic carbocycles. The number of thiophene rings is 1. The molecule has 1 N–H and O–H groups in total. The zero-order valence-corrected chi connectivity index (χ0v) is 15.0. The van der Waals surface area contributed by atoms with Crippen molar-refractivity contribution in [3.8, 4) is 9.88 Å². The molecular weight excluding hydrogens is 380 g/mol. The summed E-state index contributed by atoms with van der Waals surface area (Å²) in [5.41, 5.74) is 2.67. The Labute approximate surface area is 145 Å². The molecule has 0 radical (unpaired) electrons. The van der Waals surface area contributed by atoms with Gasteiger partial charge in [-0.15, -0.1) is 22.7 Å². The zero-order chi connectivity index (χ0) is 15.5. The first-order valence-electron chi connectivity index (χ1n) is 6.66. The molecule has 0 aliphatic rings. The summed E-state index contributed by atoms with van der Waals surface area (Å²) in [5.74, 6) is -0.0477. The Bertz CT molecular complexity index is 796. The van der Waals surface area contributed by atoms with E-state index in [1.54, 1.807) is 22.7 Å². The number of nitrogens with zero attached hydrogens (tertiary/aromatic N) is 1. The number of anilines is 1. The molecular formula is C16H13BrN2OS2. The standard InChI is InChI=1S/C16H13BrN2OS2/c1-10-7-11(17)4-5-13(10)19-15(20)8-12-9-22-16(18-12)14-3-2-6-21-14/h2-7,9H,8H2,1H3,(H,19,20). The first kappa shape index (κ1) is 15.4. The first-order chi connectivity index (χ1) is 10.6. The van der Waals surface area contributed by atoms with Crippen LogP contribution >= 0.6 is 38.6 Å². The first-order valence-corrected chi connectivity index (χ1v) is 9.21. The minimum absolute atomic E-state index is 0.0477. The van der Waals surface area contributed by atoms with Crippen LogP contribution in [0, 0.1) is 6.92 Å². The van der Waals surface area contributed by atoms with Gasteiger partial charge in [0.05, 0.1) is 17.0 Å². The largest absolute Gasteiger partial charge is 0.326 e. The highest BCUT2D eigenvalue weighted by Crippen LogP contribution is 2.28. The number of aromatic nitrogens is 1. The molecule has 2 aromatic heterocycles. The summed E-state index contributed by atoms with van der Waals surface area (Å²) in [7, 11) is 0. The van der Waals surface area contributed by atoms with Gasteiger partial charge in [-0.3, -0.25) is 4.79 Å². The highest BCUT2D eigenvalue weighted by atomic mass is 79.9. The van der Waals surface area contributed by atoms with Gasteiger partial charge in [-0.2, -0.15) is 0 Å². The van der Waals surface area contributed by atoms with Gasteiger partial charge in [-0.1, -0.05) is 22.0 Å². The number of hydrogen-bond acceptors (Lipinski definition) is 4. The van der Waals surface area contributed by atoms with Crippen LogP contribution in [0.15, 0.2) is 45.6 Å². The maximum atomic E-state index is 12.2. The average molecular weight is 393 g/mol. The molecule has 0 unspecified atom stereocenters. The maximum Gasteiger partial charge on any atom is 0.230 e. The van der Waals surface area contributed by atoms with Crippen molar-refractivity contribution in [3.63, 3.8) is 0 Å². The topological polar surface area (TPSA) is 42.0 Å². The normalized spacial score (nSPS) is 10.6. The minimum atomic E-state index is -0.0477. The van der Waals surface area contributed by atoms with Crippen LogP contribution in [0.1, 0.15) is 11.3 Å². The molecule has 0 bridgehead atoms. The summed E-state index contributed by atoms with van der Waals surface area (Å²) in [6.07, 6.45) is 0.289. The Hall–Kier alpha value is -1.50. The van der Waals surface area contributed by atoms with Crippen LogP contribution in [-0.2, 0) is 11.2 Å². The van der Waals surface area contributed by atoms with Gasteiger partial charge in [0.1, 0.15) is 5.01 Å². The molecule has 0 fully saturated rings. The van der Waals surface area contributed by atoms with Gasteiger partial charge < -0.3 is 5.32 Å². The van der Waals surface area contributed by atoms with E-state index in [-0.39, 0.29) is 12.3 Å². The van der Waals surface area contributed by atoms with E-state index in [0.717, 1.165) is 31.3 Å². The quantitative estimate of drug-likeness (QED) is 0.668. The number of aryl methyl sites for hydroxylation is 1. The lowest BCUT2D eigenvalue weighted by Gasteiger charge is -2.07. The van der Waals surface area contributed by atoms with Crippen molar-refractivity contribution in [2.75, 3.05) is 5.32 Å². The number of carbonyl (C=O) groups is 1. The van der Waals surface area contributed by atoms with Crippen molar-refractivity contribution in [2.45, 2.75) is 13.3 Å². The Morgan fingerprint density at radius 3 is 2.91 bits per heavy atom. The predicted molar refractivity (Wildman–Crippen MR) is 96.6 cm³/mol. The summed E-state index contributed by atoms with van der Waals surface area (Å²) in [6, 6.07) is 9.84. The molecule has 0 saturated carbocycles. The number of nitrogens with one attached hydrogen (secondary N) is 1. The van der Waals surface area contributed by atoms with E-state index >= 15 is 0 Å². The second-order valence-electron chi connectivity index (χ2n) is 4.81. The predicted octanol–water partition coefficient (Wildman–Crippen LogP) is 5.12. The molecule has 3 nitrogen and oxygen atoms in total. The van der Waals surface area contributed by atoms with Crippen molar-refractivity contribution < 1.29 is 4.79 Å². The lowest BCUT2D eigenvalue weighted by molar-refractivity contribution is -0.115. The van der Waals surface area contributed by atoms with E-state index in [1.165, 1.54) is 0 Å². The average Bonchev–Trinajstić information content (AvgIpc) is 3.12. The molecule has 3 rings (SSSR count). The van der Waals surface area contributed by atoms with E-state index in [9.17, 15) is 4.79 Å². The van der Waals surface area contributed by atoms with Gasteiger partial charge in [0.25, 0.3) is 0 Å². The van der Waals surface area contributed by atoms with Gasteiger partial charge in [-0.05, 0) is 42.1 Å². The number of halogens is 1. The number of amides is 1. The third-order valence-electron chi connectivity index (χ3n) is 3.09. The van der Waals surface area contributed by atoms with Crippen LogP contribution in [0.4, 0.5) is 5.69 Å². The summed E-state index contributed by atoms with van der Waals surface area (Å²) in [5, 5.41) is 7.88. The smallest absolute Gasteiger partial charge is 0.230 e. The number of hydrogen-bond donors (Lipinski definition) is 1. The Kier molecular flexibility index (Phi) is 4.71. The lowest BCUT2D eigenvalue weighted by Crippen LogP contribution is -2.15. The summed E-state index contributed by atoms with van der Waals surface area (Å²) < 4.78 is 1.00. The fourth-order valence-electron chi connectivity index (χ4n) is 2.03. The molecule has 0 saturated heterocycles. The van der Waals surface area contributed by atoms with Gasteiger partial charge in [0, 0.05) is 15.5 Å². The van der Waals surface area contributed by atoms with Crippen LogP contribution < -0.4 is 5.32 Å². The Balaban J connectivity index is 1.67. The molecule has 0 aliphatic heterocycles. The fraction of sp³-hybridized carbons (Fsp3) is 0.125. The zero-order valence-electron chi connectivity index (χ0n) is 11.8. The second-order valence-corrected chi connectivity index (χ2v) is 7.53. The van der Waals surface area contributed by atoms with Crippen LogP contribution in [0.2, 0.25) is 0 Å². The highest BCUT2D eigenvalue weighted by molar-refractivity contribution is 9.10. The molecule has 2 heterocycles. The van der Waals surface area contributed by atoms with Gasteiger partial charge >= 0.3 is 0 Å². The fourth-order valence-corrected chi connectivity index (χ4v) is 4.14. The summed E-state index contributed by atoms with van der Waals surface area (Å²) >= 11 is 6.65. The monoisotopic (exact) mass is 392 g/mol. The van der Waals surface area contributed by atoms with Gasteiger partial charge in [0.15, 0.2) is 0 Å². The van der Waals surface area contributed by atoms with Crippen LogP contribution in [0.25, 0.3) is 9.88 Å². The van der Waals surface area contributed by atoms with Crippen molar-refractivity contribution in [3.05, 3.63) is 56.8 Å². The summed E-state index contributed by atoms with van der Waals surface area (Å²) in [6.45, 7) is 1.97. The van der Waals surface area contributed by atoms with Gasteiger partial charge in [0.2, 0.25) is 5.91 Å². The molecule has 22 heavy (non-hydrogen) atoms. The SMILES string of the molecule is Cc1cc(Br)ccc1NC(=O)Cc1csc(-c2cccs2)n1. The third kappa shape index (κ3) is 3.63.